The third kappa shape index (κ3) is 4.29. The minimum atomic E-state index is -4.04. The molecule has 11 nitrogen and oxygen atoms in total. The number of nitrogens with zero attached hydrogens (tertiary/aromatic N) is 1. The van der Waals surface area contributed by atoms with E-state index in [0.717, 1.165) is 13.1 Å². The molecule has 13 heteroatoms. The summed E-state index contributed by atoms with van der Waals surface area (Å²) in [6, 6.07) is 6.57. The Kier molecular flexibility index (Phi) is 6.97. The number of Topliss-reactive ketones (excluding diaryl/α,β-unsaturated/α-hetero) is 2. The SMILES string of the molecule is COc1cc(OC)c2c(c1Cl)OC1(C2=O)C(O)=C(C=Nc2ccc(S(=O)(=O)NC(C)=O)cc2)C(=O)CC1C. The highest BCUT2D eigenvalue weighted by Crippen LogP contribution is 2.54. The molecule has 0 bridgehead atoms. The molecule has 2 atom stereocenters. The van der Waals surface area contributed by atoms with Crippen molar-refractivity contribution in [1.82, 2.24) is 4.72 Å². The van der Waals surface area contributed by atoms with E-state index in [1.54, 1.807) is 6.92 Å². The van der Waals surface area contributed by atoms with E-state index in [-0.39, 0.29) is 50.4 Å². The molecule has 2 aromatic carbocycles. The molecule has 200 valence electrons. The number of carbonyl (C=O) groups is 3. The van der Waals surface area contributed by atoms with Gasteiger partial charge in [0.25, 0.3) is 10.0 Å². The number of hydrogen-bond acceptors (Lipinski definition) is 10. The summed E-state index contributed by atoms with van der Waals surface area (Å²) in [7, 11) is -1.30. The van der Waals surface area contributed by atoms with Gasteiger partial charge in [-0.05, 0) is 24.3 Å². The van der Waals surface area contributed by atoms with Gasteiger partial charge in [-0.3, -0.25) is 19.4 Å². The van der Waals surface area contributed by atoms with Crippen molar-refractivity contribution >= 4 is 51.0 Å². The Balaban J connectivity index is 1.74. The number of amides is 1. The van der Waals surface area contributed by atoms with Crippen molar-refractivity contribution in [1.29, 1.82) is 0 Å². The van der Waals surface area contributed by atoms with Gasteiger partial charge in [0.1, 0.15) is 22.1 Å². The van der Waals surface area contributed by atoms with E-state index < -0.39 is 44.8 Å². The number of nitrogens with one attached hydrogen (secondary N) is 1. The first kappa shape index (κ1) is 27.1. The first-order valence-electron chi connectivity index (χ1n) is 11.2. The van der Waals surface area contributed by atoms with E-state index in [1.165, 1.54) is 44.6 Å². The van der Waals surface area contributed by atoms with Crippen LogP contribution in [-0.2, 0) is 19.6 Å². The Morgan fingerprint density at radius 1 is 1.21 bits per heavy atom. The van der Waals surface area contributed by atoms with Gasteiger partial charge in [-0.1, -0.05) is 18.5 Å². The molecule has 0 aromatic heterocycles. The number of carbonyl (C=O) groups excluding carboxylic acids is 3. The van der Waals surface area contributed by atoms with Crippen molar-refractivity contribution in [3.05, 3.63) is 52.3 Å². The lowest BCUT2D eigenvalue weighted by Gasteiger charge is -2.36. The Hall–Kier alpha value is -3.90. The molecule has 0 fully saturated rings. The lowest BCUT2D eigenvalue weighted by atomic mass is 9.73. The summed E-state index contributed by atoms with van der Waals surface area (Å²) in [5.74, 6) is -2.96. The predicted octanol–water partition coefficient (Wildman–Crippen LogP) is 3.32. The van der Waals surface area contributed by atoms with E-state index in [2.05, 4.69) is 4.99 Å². The van der Waals surface area contributed by atoms with Crippen LogP contribution in [0.4, 0.5) is 5.69 Å². The fraction of sp³-hybridized carbons (Fsp3) is 0.280. The largest absolute Gasteiger partial charge is 0.507 e. The fourth-order valence-electron chi connectivity index (χ4n) is 4.41. The highest BCUT2D eigenvalue weighted by atomic mass is 35.5. The Bertz CT molecular complexity index is 1530. The van der Waals surface area contributed by atoms with Gasteiger partial charge in [0.15, 0.2) is 17.3 Å². The summed E-state index contributed by atoms with van der Waals surface area (Å²) in [5.41, 5.74) is -1.94. The maximum absolute atomic E-state index is 13.7. The summed E-state index contributed by atoms with van der Waals surface area (Å²) in [6.07, 6.45) is 0.942. The van der Waals surface area contributed by atoms with Gasteiger partial charge in [0.05, 0.1) is 30.4 Å². The smallest absolute Gasteiger partial charge is 0.264 e. The quantitative estimate of drug-likeness (QED) is 0.504. The van der Waals surface area contributed by atoms with Crippen molar-refractivity contribution in [3.63, 3.8) is 0 Å². The van der Waals surface area contributed by atoms with Crippen LogP contribution in [0.1, 0.15) is 30.6 Å². The van der Waals surface area contributed by atoms with Crippen LogP contribution in [0.15, 0.2) is 51.6 Å². The third-order valence-electron chi connectivity index (χ3n) is 6.28. The zero-order valence-electron chi connectivity index (χ0n) is 20.7. The van der Waals surface area contributed by atoms with Crippen LogP contribution in [0.5, 0.6) is 17.2 Å². The number of benzene rings is 2. The van der Waals surface area contributed by atoms with Gasteiger partial charge in [0.2, 0.25) is 17.3 Å². The van der Waals surface area contributed by atoms with Gasteiger partial charge < -0.3 is 19.3 Å². The van der Waals surface area contributed by atoms with Crippen molar-refractivity contribution in [2.75, 3.05) is 14.2 Å². The van der Waals surface area contributed by atoms with Crippen LogP contribution < -0.4 is 18.9 Å². The minimum absolute atomic E-state index is 0.00921. The normalized spacial score (nSPS) is 21.0. The molecule has 4 rings (SSSR count). The zero-order chi connectivity index (χ0) is 28.0. The van der Waals surface area contributed by atoms with Crippen LogP contribution in [0.3, 0.4) is 0 Å². The number of fused-ring (bicyclic) bond motifs is 1. The van der Waals surface area contributed by atoms with Gasteiger partial charge in [-0.25, -0.2) is 13.1 Å². The highest BCUT2D eigenvalue weighted by molar-refractivity contribution is 7.90. The van der Waals surface area contributed by atoms with Gasteiger partial charge in [0, 0.05) is 31.5 Å². The third-order valence-corrected chi connectivity index (χ3v) is 8.09. The molecule has 38 heavy (non-hydrogen) atoms. The first-order valence-corrected chi connectivity index (χ1v) is 13.1. The molecule has 1 spiro atoms. The number of ketones is 2. The summed E-state index contributed by atoms with van der Waals surface area (Å²) >= 11 is 6.41. The summed E-state index contributed by atoms with van der Waals surface area (Å²) in [5, 5.41) is 11.3. The molecular weight excluding hydrogens is 540 g/mol. The van der Waals surface area contributed by atoms with Crippen LogP contribution >= 0.6 is 11.6 Å². The lowest BCUT2D eigenvalue weighted by Crippen LogP contribution is -2.52. The molecular formula is C25H23ClN2O9S. The summed E-state index contributed by atoms with van der Waals surface area (Å²) < 4.78 is 42.7. The van der Waals surface area contributed by atoms with E-state index >= 15 is 0 Å². The number of hydrogen-bond donors (Lipinski definition) is 2. The monoisotopic (exact) mass is 562 g/mol. The molecule has 1 aliphatic carbocycles. The highest BCUT2D eigenvalue weighted by Gasteiger charge is 2.60. The van der Waals surface area contributed by atoms with Crippen LogP contribution in [0, 0.1) is 5.92 Å². The van der Waals surface area contributed by atoms with Gasteiger partial charge in [-0.2, -0.15) is 0 Å². The molecule has 1 aliphatic heterocycles. The number of aliphatic imine (C=N–C) groups is 1. The van der Waals surface area contributed by atoms with Crippen molar-refractivity contribution in [2.24, 2.45) is 10.9 Å². The Morgan fingerprint density at radius 2 is 1.84 bits per heavy atom. The molecule has 2 aliphatic rings. The maximum Gasteiger partial charge on any atom is 0.264 e. The van der Waals surface area contributed by atoms with Crippen LogP contribution in [0.2, 0.25) is 5.02 Å². The van der Waals surface area contributed by atoms with Crippen LogP contribution in [-0.4, -0.2) is 57.0 Å². The second kappa shape index (κ2) is 9.76. The minimum Gasteiger partial charge on any atom is -0.507 e. The Morgan fingerprint density at radius 3 is 2.42 bits per heavy atom. The second-order valence-corrected chi connectivity index (χ2v) is 10.7. The van der Waals surface area contributed by atoms with Crippen LogP contribution in [0.25, 0.3) is 0 Å². The summed E-state index contributed by atoms with van der Waals surface area (Å²) in [4.78, 5) is 41.7. The topological polar surface area (TPSA) is 158 Å². The maximum atomic E-state index is 13.7. The standard InChI is InChI=1S/C25H23ClN2O9S/c1-12-9-17(30)16(11-27-14-5-7-15(8-6-14)38(33,34)28-13(2)29)23(31)25(12)24(32)20-18(35-3)10-19(36-4)21(26)22(20)37-25/h5-8,10-12,31H,9H2,1-4H3,(H,28,29). The molecule has 1 amide bonds. The number of sulfonamides is 1. The fourth-order valence-corrected chi connectivity index (χ4v) is 5.67. The molecule has 0 radical (unpaired) electrons. The molecule has 2 N–H and O–H groups in total. The number of aliphatic hydroxyl groups is 1. The van der Waals surface area contributed by atoms with Gasteiger partial charge >= 0.3 is 0 Å². The Labute approximate surface area is 223 Å². The van der Waals surface area contributed by atoms with E-state index in [9.17, 15) is 27.9 Å². The molecule has 1 heterocycles. The second-order valence-electron chi connectivity index (χ2n) is 8.67. The molecule has 2 unspecified atom stereocenters. The van der Waals surface area contributed by atoms with Gasteiger partial charge in [-0.15, -0.1) is 0 Å². The molecule has 0 saturated heterocycles. The number of aliphatic hydroxyl groups excluding tert-OH is 1. The predicted molar refractivity (Wildman–Crippen MR) is 136 cm³/mol. The zero-order valence-corrected chi connectivity index (χ0v) is 22.3. The summed E-state index contributed by atoms with van der Waals surface area (Å²) in [6.45, 7) is 2.67. The molecule has 2 aromatic rings. The van der Waals surface area contributed by atoms with E-state index in [1.807, 2.05) is 4.72 Å². The first-order chi connectivity index (χ1) is 17.9. The number of methoxy groups -OCH3 is 2. The van der Waals surface area contributed by atoms with E-state index in [4.69, 9.17) is 25.8 Å². The number of halogens is 1. The average Bonchev–Trinajstić information content (AvgIpc) is 3.17. The van der Waals surface area contributed by atoms with Crippen molar-refractivity contribution in [3.8, 4) is 17.2 Å². The van der Waals surface area contributed by atoms with E-state index in [0.29, 0.717) is 0 Å². The molecule has 0 saturated carbocycles. The number of allylic oxidation sites excluding steroid dienone is 1. The van der Waals surface area contributed by atoms with Crippen molar-refractivity contribution in [2.45, 2.75) is 30.8 Å². The number of ether oxygens (including phenoxy) is 3. The average molecular weight is 563 g/mol. The number of rotatable bonds is 6. The lowest BCUT2D eigenvalue weighted by molar-refractivity contribution is -0.119. The van der Waals surface area contributed by atoms with Crippen molar-refractivity contribution < 1.29 is 42.1 Å².